The minimum atomic E-state index is -1.83. The molecule has 0 spiro atoms. The van der Waals surface area contributed by atoms with Gasteiger partial charge in [0.15, 0.2) is 0 Å². The predicted molar refractivity (Wildman–Crippen MR) is 23.4 cm³/mol. The van der Waals surface area contributed by atoms with Gasteiger partial charge in [0, 0.05) is 0 Å². The van der Waals surface area contributed by atoms with Crippen LogP contribution < -0.4 is 18.9 Å². The minimum absolute atomic E-state index is 0. The largest absolute Gasteiger partial charge is 2.00 e. The Morgan fingerprint density at radius 1 is 1.43 bits per heavy atom. The van der Waals surface area contributed by atoms with Crippen molar-refractivity contribution in [3.8, 4) is 0 Å². The molecule has 4 nitrogen and oxygen atoms in total. The van der Waals surface area contributed by atoms with Crippen molar-refractivity contribution in [2.75, 3.05) is 0 Å². The van der Waals surface area contributed by atoms with Crippen LogP contribution in [0.1, 0.15) is 4.28 Å². The van der Waals surface area contributed by atoms with Crippen LogP contribution >= 0.6 is 0 Å². The molecule has 0 aliphatic heterocycles. The molecular formula is CH7LiO4Sr. The molecule has 0 rings (SSSR count). The summed E-state index contributed by atoms with van der Waals surface area (Å²) in [6.45, 7) is 0. The monoisotopic (exact) mass is 178 g/mol. The van der Waals surface area contributed by atoms with Crippen molar-refractivity contribution in [1.82, 2.24) is 0 Å². The molecule has 0 unspecified atom stereocenters. The summed E-state index contributed by atoms with van der Waals surface area (Å²) < 4.78 is 0. The Morgan fingerprint density at radius 2 is 1.43 bits per heavy atom. The van der Waals surface area contributed by atoms with E-state index in [-0.39, 0.29) is 74.1 Å². The molecule has 4 N–H and O–H groups in total. The van der Waals surface area contributed by atoms with E-state index in [1.807, 2.05) is 0 Å². The number of hydrogen-bond donors (Lipinski definition) is 2. The fourth-order valence-corrected chi connectivity index (χ4v) is 0. The van der Waals surface area contributed by atoms with Gasteiger partial charge in [-0.1, -0.05) is 0 Å². The first-order chi connectivity index (χ1) is 1.73. The zero-order chi connectivity index (χ0) is 3.58. The Balaban J connectivity index is -0.00000000300. The van der Waals surface area contributed by atoms with Crippen LogP contribution in [0.5, 0.6) is 0 Å². The molecule has 0 aromatic rings. The fraction of sp³-hybridized carbons (Fsp3) is 0. The Labute approximate surface area is 94.1 Å². The molecule has 0 fully saturated rings. The smallest absolute Gasteiger partial charge is 1.00 e. The quantitative estimate of drug-likeness (QED) is 0.374. The van der Waals surface area contributed by atoms with Crippen molar-refractivity contribution < 1.29 is 43.6 Å². The zero-order valence-corrected chi connectivity index (χ0v) is 7.49. The molecule has 7 heavy (non-hydrogen) atoms. The van der Waals surface area contributed by atoms with Crippen molar-refractivity contribution >= 4 is 51.6 Å². The Bertz CT molecular complexity index is 43.5. The fourth-order valence-electron chi connectivity index (χ4n) is 0. The van der Waals surface area contributed by atoms with Gasteiger partial charge in [0.1, 0.15) is 0 Å². The van der Waals surface area contributed by atoms with Gasteiger partial charge in [-0.25, -0.2) is 4.79 Å². The molecular weight excluding hydrogens is 171 g/mol. The summed E-state index contributed by atoms with van der Waals surface area (Å²) in [5.74, 6) is 0. The van der Waals surface area contributed by atoms with E-state index >= 15 is 0 Å². The van der Waals surface area contributed by atoms with Crippen molar-refractivity contribution in [3.63, 3.8) is 0 Å². The minimum Gasteiger partial charge on any atom is -1.00 e. The van der Waals surface area contributed by atoms with E-state index in [2.05, 4.69) is 0 Å². The van der Waals surface area contributed by atoms with Crippen LogP contribution in [-0.2, 0) is 0 Å². The van der Waals surface area contributed by atoms with Gasteiger partial charge in [0.2, 0.25) is 0 Å². The maximum Gasteiger partial charge on any atom is 2.00 e. The second-order valence-electron chi connectivity index (χ2n) is 0.283. The van der Waals surface area contributed by atoms with E-state index in [9.17, 15) is 0 Å². The van der Waals surface area contributed by atoms with Crippen LogP contribution in [0.4, 0.5) is 4.79 Å². The van der Waals surface area contributed by atoms with Crippen LogP contribution in [0.25, 0.3) is 0 Å². The second kappa shape index (κ2) is 15.7. The molecule has 6 heteroatoms. The third-order valence-corrected chi connectivity index (χ3v) is 0. The molecule has 0 bridgehead atoms. The van der Waals surface area contributed by atoms with Crippen LogP contribution in [0.3, 0.4) is 0 Å². The summed E-state index contributed by atoms with van der Waals surface area (Å²) in [6, 6.07) is 0. The van der Waals surface area contributed by atoms with Gasteiger partial charge in [-0.15, -0.1) is 0 Å². The molecule has 0 aliphatic carbocycles. The average Bonchev–Trinajstić information content (AvgIpc) is 0.811. The summed E-state index contributed by atoms with van der Waals surface area (Å²) in [4.78, 5) is 8.56. The first kappa shape index (κ1) is 23.9. The van der Waals surface area contributed by atoms with Gasteiger partial charge in [0.25, 0.3) is 0 Å². The number of rotatable bonds is 0. The molecule has 0 aromatic heterocycles. The van der Waals surface area contributed by atoms with Gasteiger partial charge >= 0.3 is 70.5 Å². The topological polar surface area (TPSA) is 89.0 Å². The molecule has 0 aromatic carbocycles. The van der Waals surface area contributed by atoms with E-state index in [0.29, 0.717) is 0 Å². The van der Waals surface area contributed by atoms with E-state index < -0.39 is 6.16 Å². The van der Waals surface area contributed by atoms with Crippen LogP contribution in [-0.4, -0.2) is 67.3 Å². The maximum absolute atomic E-state index is 8.56. The van der Waals surface area contributed by atoms with E-state index in [1.54, 1.807) is 0 Å². The van der Waals surface area contributed by atoms with E-state index in [0.717, 1.165) is 0 Å². The maximum atomic E-state index is 8.56. The van der Waals surface area contributed by atoms with Gasteiger partial charge in [0.05, 0.1) is 0 Å². The van der Waals surface area contributed by atoms with Gasteiger partial charge in [-0.3, -0.25) is 0 Å². The molecule has 38 valence electrons. The Morgan fingerprint density at radius 3 is 1.43 bits per heavy atom. The van der Waals surface area contributed by atoms with Crippen molar-refractivity contribution in [1.29, 1.82) is 0 Å². The number of hydrogen-bond acceptors (Lipinski definition) is 1. The second-order valence-corrected chi connectivity index (χ2v) is 0.283. The summed E-state index contributed by atoms with van der Waals surface area (Å²) in [6.07, 6.45) is -1.83. The Hall–Kier alpha value is 1.31. The SMILES string of the molecule is O.O=C(O)O.[H-].[H-].[H-].[Li+].[Sr+2]. The van der Waals surface area contributed by atoms with Gasteiger partial charge in [-0.05, 0) is 0 Å². The van der Waals surface area contributed by atoms with E-state index in [4.69, 9.17) is 15.0 Å². The number of carboxylic acid groups (broad SMARTS) is 2. The third kappa shape index (κ3) is 120. The molecule has 0 saturated heterocycles. The standard InChI is InChI=1S/CH2O3.Li.H2O.Sr.3H/c2-1(3)4;;;;;;/h(H2,2,3,4);;1H2;;;;/q;+1;;+2;3*-1. The summed E-state index contributed by atoms with van der Waals surface area (Å²) in [5.41, 5.74) is 0. The van der Waals surface area contributed by atoms with E-state index in [1.165, 1.54) is 0 Å². The van der Waals surface area contributed by atoms with Crippen LogP contribution in [0.15, 0.2) is 0 Å². The molecule has 0 amide bonds. The molecule has 0 radical (unpaired) electrons. The normalized spacial score (nSPS) is 3.43. The van der Waals surface area contributed by atoms with Crippen molar-refractivity contribution in [2.24, 2.45) is 0 Å². The van der Waals surface area contributed by atoms with Gasteiger partial charge < -0.3 is 20.0 Å². The summed E-state index contributed by atoms with van der Waals surface area (Å²) in [7, 11) is 0. The third-order valence-electron chi connectivity index (χ3n) is 0. The molecule has 0 aliphatic rings. The molecule has 0 atom stereocenters. The molecule has 0 heterocycles. The Kier molecular flexibility index (Phi) is 53.5. The first-order valence-electron chi connectivity index (χ1n) is 0.651. The van der Waals surface area contributed by atoms with Crippen molar-refractivity contribution in [2.45, 2.75) is 0 Å². The van der Waals surface area contributed by atoms with Crippen LogP contribution in [0.2, 0.25) is 0 Å². The van der Waals surface area contributed by atoms with Gasteiger partial charge in [-0.2, -0.15) is 0 Å². The number of carbonyl (C=O) groups is 1. The zero-order valence-electron chi connectivity index (χ0n) is 7.01. The average molecular weight is 178 g/mol. The molecule has 0 saturated carbocycles. The van der Waals surface area contributed by atoms with Crippen LogP contribution in [0, 0.1) is 0 Å². The summed E-state index contributed by atoms with van der Waals surface area (Å²) in [5, 5.41) is 13.9. The summed E-state index contributed by atoms with van der Waals surface area (Å²) >= 11 is 0. The first-order valence-corrected chi connectivity index (χ1v) is 0.651. The predicted octanol–water partition coefficient (Wildman–Crippen LogP) is -3.64. The van der Waals surface area contributed by atoms with Crippen molar-refractivity contribution in [3.05, 3.63) is 0 Å².